The molecule has 6 heteroatoms. The number of hydrogen-bond donors (Lipinski definition) is 1. The number of hydrogen-bond acceptors (Lipinski definition) is 4. The van der Waals surface area contributed by atoms with Crippen LogP contribution < -0.4 is 5.32 Å². The van der Waals surface area contributed by atoms with Gasteiger partial charge in [-0.05, 0) is 25.0 Å². The van der Waals surface area contributed by atoms with Crippen molar-refractivity contribution in [3.63, 3.8) is 0 Å². The molecule has 0 bridgehead atoms. The molecule has 0 aliphatic rings. The zero-order valence-electron chi connectivity index (χ0n) is 11.4. The highest BCUT2D eigenvalue weighted by atomic mass is 19.1. The van der Waals surface area contributed by atoms with Gasteiger partial charge < -0.3 is 10.1 Å². The summed E-state index contributed by atoms with van der Waals surface area (Å²) in [6, 6.07) is 3.44. The molecule has 0 aliphatic heterocycles. The molecule has 1 rings (SSSR count). The van der Waals surface area contributed by atoms with Gasteiger partial charge in [0.1, 0.15) is 11.5 Å². The minimum Gasteiger partial charge on any atom is -0.380 e. The van der Waals surface area contributed by atoms with Crippen LogP contribution in [0.25, 0.3) is 0 Å². The molecule has 0 radical (unpaired) electrons. The van der Waals surface area contributed by atoms with Gasteiger partial charge in [0, 0.05) is 6.61 Å². The first-order valence-corrected chi connectivity index (χ1v) is 6.24. The van der Waals surface area contributed by atoms with Crippen molar-refractivity contribution in [3.8, 4) is 0 Å². The molecule has 0 spiro atoms. The molecule has 1 aromatic carbocycles. The maximum atomic E-state index is 13.0. The maximum absolute atomic E-state index is 13.0. The summed E-state index contributed by atoms with van der Waals surface area (Å²) in [5.74, 6) is -0.389. The van der Waals surface area contributed by atoms with Crippen LogP contribution >= 0.6 is 0 Å². The zero-order valence-corrected chi connectivity index (χ0v) is 11.4. The summed E-state index contributed by atoms with van der Waals surface area (Å²) in [5.41, 5.74) is 0.0481. The second-order valence-corrected chi connectivity index (χ2v) is 4.57. The fourth-order valence-corrected chi connectivity index (χ4v) is 1.62. The Labute approximate surface area is 111 Å². The molecule has 0 amide bonds. The molecule has 0 aromatic heterocycles. The molecule has 1 atom stereocenters. The van der Waals surface area contributed by atoms with Gasteiger partial charge in [0.2, 0.25) is 0 Å². The van der Waals surface area contributed by atoms with Crippen LogP contribution in [0.15, 0.2) is 18.2 Å². The van der Waals surface area contributed by atoms with Crippen molar-refractivity contribution in [1.29, 1.82) is 0 Å². The minimum absolute atomic E-state index is 0.0656. The molecular formula is C13H19FN2O3. The SMILES string of the molecule is CCOCC(Nc1ccc(F)cc1[N+](=O)[O-])C(C)C. The normalized spacial score (nSPS) is 12.5. The van der Waals surface area contributed by atoms with Crippen molar-refractivity contribution >= 4 is 11.4 Å². The number of benzene rings is 1. The van der Waals surface area contributed by atoms with Gasteiger partial charge in [-0.1, -0.05) is 13.8 Å². The molecule has 0 saturated heterocycles. The van der Waals surface area contributed by atoms with Gasteiger partial charge in [0.05, 0.1) is 23.6 Å². The molecule has 0 fully saturated rings. The summed E-state index contributed by atoms with van der Waals surface area (Å²) in [7, 11) is 0. The van der Waals surface area contributed by atoms with Crippen molar-refractivity contribution in [2.45, 2.75) is 26.8 Å². The Kier molecular flexibility index (Phi) is 5.69. The lowest BCUT2D eigenvalue weighted by Gasteiger charge is -2.23. The molecule has 0 saturated carbocycles. The van der Waals surface area contributed by atoms with Crippen LogP contribution in [0.2, 0.25) is 0 Å². The highest BCUT2D eigenvalue weighted by molar-refractivity contribution is 5.61. The fourth-order valence-electron chi connectivity index (χ4n) is 1.62. The first kappa shape index (κ1) is 15.4. The van der Waals surface area contributed by atoms with Crippen LogP contribution in [-0.4, -0.2) is 24.2 Å². The van der Waals surface area contributed by atoms with E-state index in [4.69, 9.17) is 4.74 Å². The van der Waals surface area contributed by atoms with Crippen LogP contribution in [0, 0.1) is 21.8 Å². The summed E-state index contributed by atoms with van der Waals surface area (Å²) >= 11 is 0. The van der Waals surface area contributed by atoms with Gasteiger partial charge in [0.25, 0.3) is 5.69 Å². The highest BCUT2D eigenvalue weighted by Crippen LogP contribution is 2.26. The van der Waals surface area contributed by atoms with Crippen molar-refractivity contribution in [1.82, 2.24) is 0 Å². The third-order valence-corrected chi connectivity index (χ3v) is 2.80. The number of nitrogens with one attached hydrogen (secondary N) is 1. The summed E-state index contributed by atoms with van der Waals surface area (Å²) in [6.07, 6.45) is 0. The van der Waals surface area contributed by atoms with Crippen molar-refractivity contribution < 1.29 is 14.1 Å². The molecule has 1 aromatic rings. The third-order valence-electron chi connectivity index (χ3n) is 2.80. The molecule has 0 heterocycles. The van der Waals surface area contributed by atoms with Crippen LogP contribution in [-0.2, 0) is 4.74 Å². The first-order chi connectivity index (χ1) is 8.95. The van der Waals surface area contributed by atoms with Gasteiger partial charge in [-0.2, -0.15) is 0 Å². The van der Waals surface area contributed by atoms with E-state index in [1.165, 1.54) is 12.1 Å². The summed E-state index contributed by atoms with van der Waals surface area (Å²) in [5, 5.41) is 14.0. The molecular weight excluding hydrogens is 251 g/mol. The van der Waals surface area contributed by atoms with E-state index in [1.807, 2.05) is 20.8 Å². The number of nitrogens with zero attached hydrogens (tertiary/aromatic N) is 1. The monoisotopic (exact) mass is 270 g/mol. The van der Waals surface area contributed by atoms with Crippen molar-refractivity contribution in [2.75, 3.05) is 18.5 Å². The number of halogens is 1. The van der Waals surface area contributed by atoms with Crippen LogP contribution in [0.3, 0.4) is 0 Å². The first-order valence-electron chi connectivity index (χ1n) is 6.24. The Balaban J connectivity index is 2.92. The topological polar surface area (TPSA) is 64.4 Å². The van der Waals surface area contributed by atoms with E-state index in [9.17, 15) is 14.5 Å². The van der Waals surface area contributed by atoms with E-state index in [1.54, 1.807) is 0 Å². The summed E-state index contributed by atoms with van der Waals surface area (Å²) in [6.45, 7) is 6.90. The van der Waals surface area contributed by atoms with Crippen molar-refractivity contribution in [2.24, 2.45) is 5.92 Å². The Morgan fingerprint density at radius 2 is 2.16 bits per heavy atom. The highest BCUT2D eigenvalue weighted by Gasteiger charge is 2.20. The van der Waals surface area contributed by atoms with E-state index in [-0.39, 0.29) is 17.6 Å². The smallest absolute Gasteiger partial charge is 0.295 e. The quantitative estimate of drug-likeness (QED) is 0.610. The molecule has 0 aliphatic carbocycles. The Morgan fingerprint density at radius 3 is 2.68 bits per heavy atom. The Morgan fingerprint density at radius 1 is 1.47 bits per heavy atom. The van der Waals surface area contributed by atoms with Gasteiger partial charge in [0.15, 0.2) is 0 Å². The number of nitro groups is 1. The lowest BCUT2D eigenvalue weighted by Crippen LogP contribution is -2.31. The predicted molar refractivity (Wildman–Crippen MR) is 71.8 cm³/mol. The van der Waals surface area contributed by atoms with Crippen LogP contribution in [0.5, 0.6) is 0 Å². The predicted octanol–water partition coefficient (Wildman–Crippen LogP) is 3.21. The van der Waals surface area contributed by atoms with Crippen LogP contribution in [0.4, 0.5) is 15.8 Å². The lowest BCUT2D eigenvalue weighted by atomic mass is 10.0. The zero-order chi connectivity index (χ0) is 14.4. The minimum atomic E-state index is -0.622. The average Bonchev–Trinajstić information content (AvgIpc) is 2.35. The van der Waals surface area contributed by atoms with Crippen LogP contribution in [0.1, 0.15) is 20.8 Å². The average molecular weight is 270 g/mol. The van der Waals surface area contributed by atoms with E-state index >= 15 is 0 Å². The second kappa shape index (κ2) is 7.04. The molecule has 5 nitrogen and oxygen atoms in total. The Hall–Kier alpha value is -1.69. The lowest BCUT2D eigenvalue weighted by molar-refractivity contribution is -0.384. The van der Waals surface area contributed by atoms with E-state index in [0.29, 0.717) is 18.9 Å². The van der Waals surface area contributed by atoms with Gasteiger partial charge in [-0.15, -0.1) is 0 Å². The number of ether oxygens (including phenoxy) is 1. The standard InChI is InChI=1S/C13H19FN2O3/c1-4-19-8-12(9(2)3)15-11-6-5-10(14)7-13(11)16(17)18/h5-7,9,12,15H,4,8H2,1-3H3. The van der Waals surface area contributed by atoms with E-state index in [0.717, 1.165) is 6.07 Å². The number of anilines is 1. The molecule has 106 valence electrons. The van der Waals surface area contributed by atoms with Gasteiger partial charge in [-0.25, -0.2) is 4.39 Å². The summed E-state index contributed by atoms with van der Waals surface area (Å²) in [4.78, 5) is 10.3. The van der Waals surface area contributed by atoms with E-state index < -0.39 is 10.7 Å². The van der Waals surface area contributed by atoms with Gasteiger partial charge in [-0.3, -0.25) is 10.1 Å². The molecule has 1 unspecified atom stereocenters. The Bertz CT molecular complexity index is 438. The number of nitro benzene ring substituents is 1. The molecule has 19 heavy (non-hydrogen) atoms. The maximum Gasteiger partial charge on any atom is 0.295 e. The van der Waals surface area contributed by atoms with Crippen molar-refractivity contribution in [3.05, 3.63) is 34.1 Å². The summed E-state index contributed by atoms with van der Waals surface area (Å²) < 4.78 is 18.4. The largest absolute Gasteiger partial charge is 0.380 e. The number of rotatable bonds is 7. The van der Waals surface area contributed by atoms with Gasteiger partial charge >= 0.3 is 0 Å². The fraction of sp³-hybridized carbons (Fsp3) is 0.538. The molecule has 1 N–H and O–H groups in total. The van der Waals surface area contributed by atoms with E-state index in [2.05, 4.69) is 5.32 Å². The third kappa shape index (κ3) is 4.48. The second-order valence-electron chi connectivity index (χ2n) is 4.57.